The van der Waals surface area contributed by atoms with Gasteiger partial charge in [-0.3, -0.25) is 9.58 Å². The number of aromatic nitrogens is 7. The average Bonchev–Trinajstić information content (AvgIpc) is 3.44. The topological polar surface area (TPSA) is 90.7 Å². The van der Waals surface area contributed by atoms with Gasteiger partial charge in [-0.05, 0) is 38.9 Å². The minimum Gasteiger partial charge on any atom is -0.424 e. The molecule has 0 bridgehead atoms. The molecule has 27 heavy (non-hydrogen) atoms. The van der Waals surface area contributed by atoms with E-state index in [0.29, 0.717) is 24.2 Å². The first-order valence-electron chi connectivity index (χ1n) is 9.69. The van der Waals surface area contributed by atoms with E-state index in [2.05, 4.69) is 41.9 Å². The molecule has 0 amide bonds. The lowest BCUT2D eigenvalue weighted by Crippen LogP contribution is -2.33. The first-order chi connectivity index (χ1) is 13.3. The summed E-state index contributed by atoms with van der Waals surface area (Å²) in [6, 6.07) is 1.93. The fourth-order valence-electron chi connectivity index (χ4n) is 3.69. The van der Waals surface area contributed by atoms with Crippen molar-refractivity contribution < 1.29 is 4.42 Å². The van der Waals surface area contributed by atoms with Crippen molar-refractivity contribution in [3.05, 3.63) is 41.9 Å². The van der Waals surface area contributed by atoms with Crippen LogP contribution in [0.15, 0.2) is 22.9 Å². The lowest BCUT2D eigenvalue weighted by molar-refractivity contribution is 0.182. The molecule has 0 aliphatic carbocycles. The van der Waals surface area contributed by atoms with Crippen molar-refractivity contribution in [3.63, 3.8) is 0 Å². The Morgan fingerprint density at radius 3 is 2.52 bits per heavy atom. The van der Waals surface area contributed by atoms with E-state index >= 15 is 0 Å². The van der Waals surface area contributed by atoms with Crippen molar-refractivity contribution in [1.82, 2.24) is 39.6 Å². The van der Waals surface area contributed by atoms with Gasteiger partial charge in [-0.25, -0.2) is 0 Å². The smallest absolute Gasteiger partial charge is 0.230 e. The quantitative estimate of drug-likeness (QED) is 0.627. The molecule has 1 aliphatic heterocycles. The summed E-state index contributed by atoms with van der Waals surface area (Å²) in [6.07, 6.45) is 6.65. The van der Waals surface area contributed by atoms with Crippen LogP contribution in [0.5, 0.6) is 0 Å². The van der Waals surface area contributed by atoms with Crippen LogP contribution in [-0.2, 0) is 26.1 Å². The van der Waals surface area contributed by atoms with Gasteiger partial charge in [0.15, 0.2) is 5.82 Å². The normalized spacial score (nSPS) is 16.2. The zero-order valence-corrected chi connectivity index (χ0v) is 16.0. The number of piperidine rings is 1. The predicted octanol–water partition coefficient (Wildman–Crippen LogP) is 1.87. The summed E-state index contributed by atoms with van der Waals surface area (Å²) >= 11 is 0. The number of nitrogens with zero attached hydrogens (tertiary/aromatic N) is 8. The Morgan fingerprint density at radius 2 is 1.85 bits per heavy atom. The van der Waals surface area contributed by atoms with Crippen molar-refractivity contribution in [2.75, 3.05) is 13.1 Å². The van der Waals surface area contributed by atoms with Crippen LogP contribution in [0.1, 0.15) is 56.0 Å². The summed E-state index contributed by atoms with van der Waals surface area (Å²) in [7, 11) is 0. The molecular weight excluding hydrogens is 344 g/mol. The van der Waals surface area contributed by atoms with Gasteiger partial charge in [-0.1, -0.05) is 6.92 Å². The standard InChI is InChI=1S/C18H26N8O/c1-3-16-21-22-17(27-16)13-24-10-6-14(7-11-24)18-23-20-15(26(18)4-2)12-25-9-5-8-19-25/h5,8-9,14H,3-4,6-7,10-13H2,1-2H3. The molecule has 0 radical (unpaired) electrons. The van der Waals surface area contributed by atoms with Gasteiger partial charge in [0.1, 0.15) is 12.4 Å². The second-order valence-electron chi connectivity index (χ2n) is 6.92. The maximum atomic E-state index is 5.64. The van der Waals surface area contributed by atoms with Gasteiger partial charge < -0.3 is 8.98 Å². The van der Waals surface area contributed by atoms with Crippen LogP contribution >= 0.6 is 0 Å². The van der Waals surface area contributed by atoms with Crippen LogP contribution < -0.4 is 0 Å². The van der Waals surface area contributed by atoms with E-state index < -0.39 is 0 Å². The summed E-state index contributed by atoms with van der Waals surface area (Å²) in [6.45, 7) is 8.43. The molecule has 9 nitrogen and oxygen atoms in total. The van der Waals surface area contributed by atoms with Gasteiger partial charge in [0.05, 0.1) is 6.54 Å². The largest absolute Gasteiger partial charge is 0.424 e. The second-order valence-corrected chi connectivity index (χ2v) is 6.92. The van der Waals surface area contributed by atoms with Crippen molar-refractivity contribution >= 4 is 0 Å². The molecule has 4 rings (SSSR count). The monoisotopic (exact) mass is 370 g/mol. The summed E-state index contributed by atoms with van der Waals surface area (Å²) in [5, 5.41) is 21.4. The Hall–Kier alpha value is -2.55. The van der Waals surface area contributed by atoms with Crippen LogP contribution in [-0.4, -0.2) is 52.7 Å². The van der Waals surface area contributed by atoms with E-state index in [1.807, 2.05) is 23.9 Å². The van der Waals surface area contributed by atoms with E-state index in [9.17, 15) is 0 Å². The summed E-state index contributed by atoms with van der Waals surface area (Å²) in [5.41, 5.74) is 0. The molecule has 1 saturated heterocycles. The number of aryl methyl sites for hydroxylation is 1. The number of hydrogen-bond donors (Lipinski definition) is 0. The van der Waals surface area contributed by atoms with Crippen LogP contribution in [0.25, 0.3) is 0 Å². The third kappa shape index (κ3) is 3.92. The molecule has 0 N–H and O–H groups in total. The van der Waals surface area contributed by atoms with Crippen LogP contribution in [0.3, 0.4) is 0 Å². The predicted molar refractivity (Wildman–Crippen MR) is 98.0 cm³/mol. The summed E-state index contributed by atoms with van der Waals surface area (Å²) < 4.78 is 9.77. The fraction of sp³-hybridized carbons (Fsp3) is 0.611. The molecule has 0 atom stereocenters. The summed E-state index contributed by atoms with van der Waals surface area (Å²) in [5.74, 6) is 3.93. The van der Waals surface area contributed by atoms with E-state index in [1.54, 1.807) is 6.20 Å². The van der Waals surface area contributed by atoms with E-state index in [-0.39, 0.29) is 0 Å². The molecule has 3 aromatic rings. The van der Waals surface area contributed by atoms with Gasteiger partial charge in [-0.15, -0.1) is 20.4 Å². The molecule has 0 saturated carbocycles. The van der Waals surface area contributed by atoms with Crippen molar-refractivity contribution in [2.45, 2.75) is 58.7 Å². The highest BCUT2D eigenvalue weighted by atomic mass is 16.4. The first-order valence-corrected chi connectivity index (χ1v) is 9.69. The van der Waals surface area contributed by atoms with E-state index in [1.165, 1.54) is 0 Å². The Balaban J connectivity index is 1.38. The van der Waals surface area contributed by atoms with Crippen molar-refractivity contribution in [2.24, 2.45) is 0 Å². The molecule has 9 heteroatoms. The van der Waals surface area contributed by atoms with Gasteiger partial charge in [-0.2, -0.15) is 5.10 Å². The molecule has 0 unspecified atom stereocenters. The molecule has 1 aliphatic rings. The fourth-order valence-corrected chi connectivity index (χ4v) is 3.69. The van der Waals surface area contributed by atoms with Crippen molar-refractivity contribution in [1.29, 1.82) is 0 Å². The zero-order valence-electron chi connectivity index (χ0n) is 16.0. The Morgan fingerprint density at radius 1 is 1.04 bits per heavy atom. The highest BCUT2D eigenvalue weighted by molar-refractivity contribution is 5.05. The van der Waals surface area contributed by atoms with Crippen molar-refractivity contribution in [3.8, 4) is 0 Å². The van der Waals surface area contributed by atoms with Crippen LogP contribution in [0, 0.1) is 0 Å². The highest BCUT2D eigenvalue weighted by Gasteiger charge is 2.26. The van der Waals surface area contributed by atoms with Gasteiger partial charge in [0.2, 0.25) is 11.8 Å². The third-order valence-electron chi connectivity index (χ3n) is 5.16. The number of hydrogen-bond acceptors (Lipinski definition) is 7. The van der Waals surface area contributed by atoms with Crippen LogP contribution in [0.4, 0.5) is 0 Å². The summed E-state index contributed by atoms with van der Waals surface area (Å²) in [4.78, 5) is 2.38. The van der Waals surface area contributed by atoms with E-state index in [0.717, 1.165) is 57.1 Å². The average molecular weight is 370 g/mol. The minimum atomic E-state index is 0.439. The van der Waals surface area contributed by atoms with Gasteiger partial charge >= 0.3 is 0 Å². The molecule has 0 aromatic carbocycles. The van der Waals surface area contributed by atoms with Gasteiger partial charge in [0.25, 0.3) is 0 Å². The van der Waals surface area contributed by atoms with Gasteiger partial charge in [0, 0.05) is 31.3 Å². The molecule has 0 spiro atoms. The molecule has 1 fully saturated rings. The maximum absolute atomic E-state index is 5.64. The number of likely N-dealkylation sites (tertiary alicyclic amines) is 1. The van der Waals surface area contributed by atoms with E-state index in [4.69, 9.17) is 4.42 Å². The molecular formula is C18H26N8O. The SMILES string of the molecule is CCc1nnc(CN2CCC(c3nnc(Cn4cccn4)n3CC)CC2)o1. The zero-order chi connectivity index (χ0) is 18.6. The Kier molecular flexibility index (Phi) is 5.28. The Bertz CT molecular complexity index is 845. The maximum Gasteiger partial charge on any atom is 0.230 e. The first kappa shape index (κ1) is 17.8. The lowest BCUT2D eigenvalue weighted by Gasteiger charge is -2.30. The Labute approximate surface area is 158 Å². The molecule has 3 aromatic heterocycles. The minimum absolute atomic E-state index is 0.439. The third-order valence-corrected chi connectivity index (χ3v) is 5.16. The second kappa shape index (κ2) is 7.99. The molecule has 144 valence electrons. The lowest BCUT2D eigenvalue weighted by atomic mass is 9.96. The highest BCUT2D eigenvalue weighted by Crippen LogP contribution is 2.28. The molecule has 4 heterocycles. The number of rotatable bonds is 7. The van der Waals surface area contributed by atoms with Crippen LogP contribution in [0.2, 0.25) is 0 Å².